The summed E-state index contributed by atoms with van der Waals surface area (Å²) in [6.45, 7) is 3.91. The maximum Gasteiger partial charge on any atom is 0.416 e. The number of halogens is 3. The minimum Gasteiger partial charge on any atom is -0.390 e. The Hall–Kier alpha value is -3.41. The van der Waals surface area contributed by atoms with Crippen molar-refractivity contribution in [1.82, 2.24) is 29.1 Å². The molecule has 2 aromatic carbocycles. The number of fused-ring (bicyclic) bond motifs is 2. The highest BCUT2D eigenvalue weighted by molar-refractivity contribution is 5.75. The van der Waals surface area contributed by atoms with E-state index in [9.17, 15) is 23.1 Å². The average Bonchev–Trinajstić information content (AvgIpc) is 3.37. The zero-order chi connectivity index (χ0) is 28.7. The van der Waals surface area contributed by atoms with Crippen molar-refractivity contribution in [1.29, 1.82) is 0 Å². The summed E-state index contributed by atoms with van der Waals surface area (Å²) in [7, 11) is 2.03. The first-order valence-corrected chi connectivity index (χ1v) is 14.2. The second kappa shape index (κ2) is 11.1. The molecule has 2 N–H and O–H groups in total. The lowest BCUT2D eigenvalue weighted by Gasteiger charge is -2.33. The topological polar surface area (TPSA) is 82.3 Å². The van der Waals surface area contributed by atoms with Crippen molar-refractivity contribution in [3.05, 3.63) is 75.8 Å². The number of aromatic amines is 1. The molecule has 0 radical (unpaired) electrons. The summed E-state index contributed by atoms with van der Waals surface area (Å²) in [6, 6.07) is 13.0. The van der Waals surface area contributed by atoms with Crippen LogP contribution in [0.5, 0.6) is 0 Å². The number of hydrogen-bond donors (Lipinski definition) is 2. The van der Waals surface area contributed by atoms with Crippen molar-refractivity contribution in [2.45, 2.75) is 57.1 Å². The van der Waals surface area contributed by atoms with E-state index in [-0.39, 0.29) is 11.7 Å². The summed E-state index contributed by atoms with van der Waals surface area (Å²) >= 11 is 0. The van der Waals surface area contributed by atoms with E-state index < -0.39 is 17.8 Å². The summed E-state index contributed by atoms with van der Waals surface area (Å²) in [5, 5.41) is 16.0. The number of hydrogen-bond acceptors (Lipinski definition) is 5. The van der Waals surface area contributed by atoms with Gasteiger partial charge in [0.1, 0.15) is 0 Å². The highest BCUT2D eigenvalue weighted by Gasteiger charge is 2.31. The molecule has 8 nitrogen and oxygen atoms in total. The van der Waals surface area contributed by atoms with E-state index >= 15 is 0 Å². The molecule has 2 aliphatic rings. The standard InChI is InChI=1S/C30H35F3N6O2/c1-36-14-4-7-26-24(19-36)28(20-8-10-21(11-9-20)30(31,32)33)35-38(26)18-23(40)17-37-15-12-22(13-16-37)39-27-6-3-2-5-25(27)34-29(39)41/h2-3,5-6,8-11,22-23,40H,4,7,12-19H2,1H3,(H,34,41). The summed E-state index contributed by atoms with van der Waals surface area (Å²) in [4.78, 5) is 20.0. The van der Waals surface area contributed by atoms with E-state index in [1.807, 2.05) is 40.6 Å². The molecule has 2 aliphatic heterocycles. The number of rotatable bonds is 6. The Labute approximate surface area is 236 Å². The van der Waals surface area contributed by atoms with Crippen LogP contribution in [-0.4, -0.2) is 73.6 Å². The summed E-state index contributed by atoms with van der Waals surface area (Å²) < 4.78 is 43.1. The molecule has 218 valence electrons. The zero-order valence-electron chi connectivity index (χ0n) is 23.1. The molecule has 1 saturated heterocycles. The molecule has 4 aromatic rings. The number of para-hydroxylation sites is 2. The van der Waals surface area contributed by atoms with Crippen molar-refractivity contribution in [2.75, 3.05) is 33.2 Å². The number of imidazole rings is 1. The van der Waals surface area contributed by atoms with Gasteiger partial charge >= 0.3 is 11.9 Å². The fourth-order valence-electron chi connectivity index (χ4n) is 6.40. The molecule has 2 aromatic heterocycles. The van der Waals surface area contributed by atoms with Gasteiger partial charge in [0.05, 0.1) is 34.9 Å². The lowest BCUT2D eigenvalue weighted by atomic mass is 10.0. The molecule has 11 heteroatoms. The van der Waals surface area contributed by atoms with E-state index in [1.54, 1.807) is 0 Å². The lowest BCUT2D eigenvalue weighted by molar-refractivity contribution is -0.137. The van der Waals surface area contributed by atoms with Crippen LogP contribution in [0, 0.1) is 0 Å². The number of H-pyrrole nitrogens is 1. The normalized spacial score (nSPS) is 18.5. The SMILES string of the molecule is CN1CCCc2c(c(-c3ccc(C(F)(F)F)cc3)nn2CC(O)CN2CCC(n3c(=O)[nH]c4ccccc43)CC2)C1. The molecule has 6 rings (SSSR count). The largest absolute Gasteiger partial charge is 0.416 e. The van der Waals surface area contributed by atoms with Crippen molar-refractivity contribution >= 4 is 11.0 Å². The Morgan fingerprint density at radius 3 is 2.51 bits per heavy atom. The van der Waals surface area contributed by atoms with Crippen LogP contribution in [-0.2, 0) is 25.7 Å². The van der Waals surface area contributed by atoms with Crippen molar-refractivity contribution in [2.24, 2.45) is 0 Å². The van der Waals surface area contributed by atoms with Gasteiger partial charge in [-0.25, -0.2) is 4.79 Å². The molecule has 0 spiro atoms. The van der Waals surface area contributed by atoms with Gasteiger partial charge in [0.2, 0.25) is 0 Å². The number of nitrogens with one attached hydrogen (secondary N) is 1. The third kappa shape index (κ3) is 5.71. The number of piperidine rings is 1. The Balaban J connectivity index is 1.15. The number of aromatic nitrogens is 4. The number of aliphatic hydroxyl groups excluding tert-OH is 1. The van der Waals surface area contributed by atoms with Crippen LogP contribution in [0.1, 0.15) is 42.1 Å². The van der Waals surface area contributed by atoms with Gasteiger partial charge in [-0.3, -0.25) is 9.25 Å². The first-order chi connectivity index (χ1) is 19.7. The molecule has 1 atom stereocenters. The fraction of sp³-hybridized carbons (Fsp3) is 0.467. The van der Waals surface area contributed by atoms with E-state index in [1.165, 1.54) is 12.1 Å². The number of aliphatic hydroxyl groups is 1. The second-order valence-electron chi connectivity index (χ2n) is 11.4. The minimum absolute atomic E-state index is 0.0847. The Morgan fingerprint density at radius 2 is 1.78 bits per heavy atom. The first-order valence-electron chi connectivity index (χ1n) is 14.2. The third-order valence-corrected chi connectivity index (χ3v) is 8.43. The molecule has 0 amide bonds. The average molecular weight is 569 g/mol. The minimum atomic E-state index is -4.39. The fourth-order valence-corrected chi connectivity index (χ4v) is 6.40. The van der Waals surface area contributed by atoms with Gasteiger partial charge in [-0.1, -0.05) is 24.3 Å². The Morgan fingerprint density at radius 1 is 1.05 bits per heavy atom. The van der Waals surface area contributed by atoms with Crippen molar-refractivity contribution in [3.63, 3.8) is 0 Å². The monoisotopic (exact) mass is 568 g/mol. The van der Waals surface area contributed by atoms with Crippen LogP contribution in [0.3, 0.4) is 0 Å². The van der Waals surface area contributed by atoms with Gasteiger partial charge in [-0.15, -0.1) is 0 Å². The summed E-state index contributed by atoms with van der Waals surface area (Å²) in [6.07, 6.45) is -1.68. The third-order valence-electron chi connectivity index (χ3n) is 8.43. The molecular formula is C30H35F3N6O2. The first kappa shape index (κ1) is 27.7. The van der Waals surface area contributed by atoms with Crippen LogP contribution >= 0.6 is 0 Å². The molecule has 0 aliphatic carbocycles. The maximum atomic E-state index is 13.1. The highest BCUT2D eigenvalue weighted by atomic mass is 19.4. The van der Waals surface area contributed by atoms with E-state index in [0.717, 1.165) is 79.7 Å². The van der Waals surface area contributed by atoms with Gasteiger partial charge < -0.3 is 19.9 Å². The zero-order valence-corrected chi connectivity index (χ0v) is 23.1. The van der Waals surface area contributed by atoms with Crippen LogP contribution < -0.4 is 5.69 Å². The van der Waals surface area contributed by atoms with Gasteiger partial charge in [0, 0.05) is 49.0 Å². The van der Waals surface area contributed by atoms with Crippen molar-refractivity contribution < 1.29 is 18.3 Å². The van der Waals surface area contributed by atoms with Crippen LogP contribution in [0.2, 0.25) is 0 Å². The maximum absolute atomic E-state index is 13.1. The number of nitrogens with zero attached hydrogens (tertiary/aromatic N) is 5. The molecule has 0 saturated carbocycles. The van der Waals surface area contributed by atoms with E-state index in [2.05, 4.69) is 14.8 Å². The van der Waals surface area contributed by atoms with Gasteiger partial charge in [-0.05, 0) is 63.5 Å². The number of alkyl halides is 3. The molecule has 1 unspecified atom stereocenters. The highest BCUT2D eigenvalue weighted by Crippen LogP contribution is 2.34. The van der Waals surface area contributed by atoms with Gasteiger partial charge in [-0.2, -0.15) is 18.3 Å². The van der Waals surface area contributed by atoms with Crippen LogP contribution in [0.25, 0.3) is 22.3 Å². The second-order valence-corrected chi connectivity index (χ2v) is 11.4. The molecule has 4 heterocycles. The van der Waals surface area contributed by atoms with Crippen LogP contribution in [0.4, 0.5) is 13.2 Å². The smallest absolute Gasteiger partial charge is 0.390 e. The predicted molar refractivity (Wildman–Crippen MR) is 151 cm³/mol. The van der Waals surface area contributed by atoms with E-state index in [4.69, 9.17) is 5.10 Å². The van der Waals surface area contributed by atoms with Gasteiger partial charge in [0.15, 0.2) is 0 Å². The lowest BCUT2D eigenvalue weighted by Crippen LogP contribution is -2.41. The van der Waals surface area contributed by atoms with Crippen LogP contribution in [0.15, 0.2) is 53.3 Å². The molecular weight excluding hydrogens is 533 g/mol. The number of likely N-dealkylation sites (tertiary alicyclic amines) is 1. The quantitative estimate of drug-likeness (QED) is 0.363. The summed E-state index contributed by atoms with van der Waals surface area (Å²) in [5.74, 6) is 0. The molecule has 0 bridgehead atoms. The number of β-amino-alcohol motifs (C(OH)–C–C–N with tert-alkyl or cyclic N) is 1. The van der Waals surface area contributed by atoms with Crippen molar-refractivity contribution in [3.8, 4) is 11.3 Å². The summed E-state index contributed by atoms with van der Waals surface area (Å²) in [5.41, 5.74) is 4.38. The van der Waals surface area contributed by atoms with E-state index in [0.29, 0.717) is 30.9 Å². The predicted octanol–water partition coefficient (Wildman–Crippen LogP) is 4.29. The Bertz CT molecular complexity index is 1560. The molecule has 41 heavy (non-hydrogen) atoms. The number of benzene rings is 2. The Kier molecular flexibility index (Phi) is 7.52. The van der Waals surface area contributed by atoms with Gasteiger partial charge in [0.25, 0.3) is 0 Å². The molecule has 1 fully saturated rings.